The molecule has 1 saturated heterocycles. The third-order valence-electron chi connectivity index (χ3n) is 4.47. The highest BCUT2D eigenvalue weighted by Crippen LogP contribution is 2.25. The molecule has 170 valence electrons. The Morgan fingerprint density at radius 3 is 2.57 bits per heavy atom. The summed E-state index contributed by atoms with van der Waals surface area (Å²) < 4.78 is 5.63. The van der Waals surface area contributed by atoms with Crippen molar-refractivity contribution in [3.05, 3.63) is 30.0 Å². The first-order valence-electron chi connectivity index (χ1n) is 9.81. The highest BCUT2D eigenvalue weighted by molar-refractivity contribution is 5.88. The van der Waals surface area contributed by atoms with Crippen molar-refractivity contribution in [2.45, 2.75) is 58.6 Å². The molecule has 0 spiro atoms. The summed E-state index contributed by atoms with van der Waals surface area (Å²) in [5.41, 5.74) is 0.0614. The molecule has 1 N–H and O–H groups in total. The van der Waals surface area contributed by atoms with Gasteiger partial charge in [-0.3, -0.25) is 4.90 Å². The fraction of sp³-hybridized carbons (Fsp3) is 0.571. The van der Waals surface area contributed by atoms with Gasteiger partial charge in [0, 0.05) is 25.4 Å². The lowest BCUT2D eigenvalue weighted by molar-refractivity contribution is -0.131. The molecule has 1 fully saturated rings. The number of aromatic nitrogens is 1. The highest BCUT2D eigenvalue weighted by Gasteiger charge is 2.34. The van der Waals surface area contributed by atoms with Gasteiger partial charge in [-0.1, -0.05) is 13.3 Å². The number of carbonyl (C=O) groups is 2. The minimum Gasteiger partial charge on any atom is -0.478 e. The van der Waals surface area contributed by atoms with Crippen molar-refractivity contribution in [2.24, 2.45) is 0 Å². The van der Waals surface area contributed by atoms with Crippen molar-refractivity contribution in [3.63, 3.8) is 0 Å². The zero-order valence-corrected chi connectivity index (χ0v) is 19.7. The molecule has 0 radical (unpaired) electrons. The van der Waals surface area contributed by atoms with Crippen LogP contribution in [0.3, 0.4) is 0 Å². The molecule has 0 saturated carbocycles. The Balaban J connectivity index is 0.00000420. The lowest BCUT2D eigenvalue weighted by Crippen LogP contribution is -2.45. The second-order valence-electron chi connectivity index (χ2n) is 8.07. The van der Waals surface area contributed by atoms with E-state index < -0.39 is 17.7 Å². The van der Waals surface area contributed by atoms with Gasteiger partial charge in [-0.15, -0.1) is 24.8 Å². The van der Waals surface area contributed by atoms with E-state index in [0.29, 0.717) is 11.4 Å². The fourth-order valence-electron chi connectivity index (χ4n) is 3.15. The summed E-state index contributed by atoms with van der Waals surface area (Å²) in [7, 11) is 0. The summed E-state index contributed by atoms with van der Waals surface area (Å²) in [6.07, 6.45) is 6.84. The van der Waals surface area contributed by atoms with Crippen LogP contribution in [0.15, 0.2) is 24.4 Å². The Morgan fingerprint density at radius 2 is 2.03 bits per heavy atom. The molecule has 2 heterocycles. The van der Waals surface area contributed by atoms with Gasteiger partial charge in [-0.05, 0) is 63.9 Å². The number of aliphatic carboxylic acids is 1. The van der Waals surface area contributed by atoms with Gasteiger partial charge in [0.05, 0.1) is 6.04 Å². The van der Waals surface area contributed by atoms with Crippen molar-refractivity contribution in [1.82, 2.24) is 9.88 Å². The van der Waals surface area contributed by atoms with E-state index in [1.807, 2.05) is 20.8 Å². The maximum absolute atomic E-state index is 12.9. The number of hydrogen-bond donors (Lipinski definition) is 1. The molecule has 0 bridgehead atoms. The largest absolute Gasteiger partial charge is 0.478 e. The first kappa shape index (κ1) is 28.2. The summed E-state index contributed by atoms with van der Waals surface area (Å²) in [5, 5.41) is 8.75. The molecule has 1 aliphatic heterocycles. The predicted molar refractivity (Wildman–Crippen MR) is 124 cm³/mol. The number of hydrogen-bond acceptors (Lipinski definition) is 5. The van der Waals surface area contributed by atoms with Gasteiger partial charge in [-0.2, -0.15) is 0 Å². The van der Waals surface area contributed by atoms with Gasteiger partial charge in [0.25, 0.3) is 0 Å². The SMILES string of the molecule is CCCCN1CC[C@@H](N(C(=O)OC(C)(C)C)c2ccc(/C=C/C(=O)O)cn2)C1.Cl.Cl. The van der Waals surface area contributed by atoms with Crippen molar-refractivity contribution in [1.29, 1.82) is 0 Å². The van der Waals surface area contributed by atoms with Gasteiger partial charge < -0.3 is 14.7 Å². The van der Waals surface area contributed by atoms with E-state index in [1.165, 1.54) is 6.08 Å². The van der Waals surface area contributed by atoms with Crippen LogP contribution in [0.2, 0.25) is 0 Å². The van der Waals surface area contributed by atoms with E-state index >= 15 is 0 Å². The number of anilines is 1. The zero-order chi connectivity index (χ0) is 20.7. The van der Waals surface area contributed by atoms with E-state index in [1.54, 1.807) is 23.2 Å². The van der Waals surface area contributed by atoms with Crippen molar-refractivity contribution in [2.75, 3.05) is 24.5 Å². The summed E-state index contributed by atoms with van der Waals surface area (Å²) in [6.45, 7) is 10.5. The van der Waals surface area contributed by atoms with Gasteiger partial charge >= 0.3 is 12.1 Å². The monoisotopic (exact) mass is 461 g/mol. The van der Waals surface area contributed by atoms with Crippen LogP contribution >= 0.6 is 24.8 Å². The normalized spacial score (nSPS) is 16.6. The van der Waals surface area contributed by atoms with Gasteiger partial charge in [0.1, 0.15) is 11.4 Å². The molecule has 1 aromatic heterocycles. The van der Waals surface area contributed by atoms with Crippen LogP contribution in [0.4, 0.5) is 10.6 Å². The summed E-state index contributed by atoms with van der Waals surface area (Å²) >= 11 is 0. The quantitative estimate of drug-likeness (QED) is 0.595. The molecule has 0 unspecified atom stereocenters. The number of unbranched alkanes of at least 4 members (excludes halogenated alkanes) is 1. The third-order valence-corrected chi connectivity index (χ3v) is 4.47. The zero-order valence-electron chi connectivity index (χ0n) is 18.0. The Kier molecular flexibility index (Phi) is 12.0. The number of pyridine rings is 1. The topological polar surface area (TPSA) is 83.0 Å². The van der Waals surface area contributed by atoms with Crippen LogP contribution in [0.1, 0.15) is 52.5 Å². The van der Waals surface area contributed by atoms with E-state index in [-0.39, 0.29) is 30.9 Å². The van der Waals surface area contributed by atoms with Crippen LogP contribution in [-0.4, -0.2) is 58.3 Å². The minimum absolute atomic E-state index is 0. The molecule has 2 rings (SSSR count). The lowest BCUT2D eigenvalue weighted by atomic mass is 10.2. The van der Waals surface area contributed by atoms with E-state index in [9.17, 15) is 9.59 Å². The average molecular weight is 462 g/mol. The van der Waals surface area contributed by atoms with Gasteiger partial charge in [0.15, 0.2) is 0 Å². The molecule has 1 aromatic rings. The number of ether oxygens (including phenoxy) is 1. The summed E-state index contributed by atoms with van der Waals surface area (Å²) in [5.74, 6) is -0.498. The maximum Gasteiger partial charge on any atom is 0.416 e. The number of nitrogens with zero attached hydrogens (tertiary/aromatic N) is 3. The van der Waals surface area contributed by atoms with Gasteiger partial charge in [-0.25, -0.2) is 14.6 Å². The number of halogens is 2. The number of carboxylic acids is 1. The van der Waals surface area contributed by atoms with Crippen LogP contribution in [-0.2, 0) is 9.53 Å². The molecular formula is C21H33Cl2N3O4. The average Bonchev–Trinajstić information content (AvgIpc) is 3.06. The molecule has 9 heteroatoms. The van der Waals surface area contributed by atoms with Gasteiger partial charge in [0.2, 0.25) is 0 Å². The Labute approximate surface area is 191 Å². The molecule has 7 nitrogen and oxygen atoms in total. The Hall–Kier alpha value is -1.83. The summed E-state index contributed by atoms with van der Waals surface area (Å²) in [6, 6.07) is 3.49. The predicted octanol–water partition coefficient (Wildman–Crippen LogP) is 4.64. The van der Waals surface area contributed by atoms with Crippen LogP contribution < -0.4 is 4.90 Å². The Morgan fingerprint density at radius 1 is 1.33 bits per heavy atom. The number of carbonyl (C=O) groups excluding carboxylic acids is 1. The van der Waals surface area contributed by atoms with Crippen LogP contribution in [0, 0.1) is 0 Å². The third kappa shape index (κ3) is 8.90. The van der Waals surface area contributed by atoms with Crippen LogP contribution in [0.25, 0.3) is 6.08 Å². The molecule has 0 aliphatic carbocycles. The maximum atomic E-state index is 12.9. The van der Waals surface area contributed by atoms with Crippen molar-refractivity contribution < 1.29 is 19.4 Å². The first-order chi connectivity index (χ1) is 13.2. The van der Waals surface area contributed by atoms with E-state index in [4.69, 9.17) is 9.84 Å². The second-order valence-corrected chi connectivity index (χ2v) is 8.07. The number of amides is 1. The molecule has 1 aliphatic rings. The van der Waals surface area contributed by atoms with E-state index in [2.05, 4.69) is 16.8 Å². The molecular weight excluding hydrogens is 429 g/mol. The molecule has 0 aromatic carbocycles. The number of carboxylic acid groups (broad SMARTS) is 1. The van der Waals surface area contributed by atoms with Crippen molar-refractivity contribution in [3.8, 4) is 0 Å². The minimum atomic E-state index is -1.02. The molecule has 30 heavy (non-hydrogen) atoms. The standard InChI is InChI=1S/C21H31N3O4.2ClH/c1-5-6-12-23-13-11-17(15-23)24(20(27)28-21(2,3)4)18-9-7-16(14-22-18)8-10-19(25)26;;/h7-10,14,17H,5-6,11-13,15H2,1-4H3,(H,25,26);2*1H/b10-8+;;/t17-;;/m1../s1. The van der Waals surface area contributed by atoms with Crippen molar-refractivity contribution >= 4 is 48.8 Å². The molecule has 1 amide bonds. The number of likely N-dealkylation sites (tertiary alicyclic amines) is 1. The number of rotatable bonds is 7. The lowest BCUT2D eigenvalue weighted by Gasteiger charge is -2.31. The smallest absolute Gasteiger partial charge is 0.416 e. The summed E-state index contributed by atoms with van der Waals surface area (Å²) in [4.78, 5) is 32.0. The van der Waals surface area contributed by atoms with E-state index in [0.717, 1.165) is 45.0 Å². The van der Waals surface area contributed by atoms with Crippen LogP contribution in [0.5, 0.6) is 0 Å². The first-order valence-corrected chi connectivity index (χ1v) is 9.81. The second kappa shape index (κ2) is 12.8. The molecule has 1 atom stereocenters. The fourth-order valence-corrected chi connectivity index (χ4v) is 3.15. The highest BCUT2D eigenvalue weighted by atomic mass is 35.5. The Bertz CT molecular complexity index is 705.